The largest absolute Gasteiger partial charge is 0.469 e. The summed E-state index contributed by atoms with van der Waals surface area (Å²) in [4.78, 5) is 13.5. The molecule has 1 aliphatic rings. The lowest BCUT2D eigenvalue weighted by atomic mass is 9.91. The lowest BCUT2D eigenvalue weighted by Crippen LogP contribution is -2.47. The smallest absolute Gasteiger partial charge is 0.305 e. The van der Waals surface area contributed by atoms with Crippen LogP contribution in [0.25, 0.3) is 0 Å². The first kappa shape index (κ1) is 14.9. The Morgan fingerprint density at radius 2 is 2.30 bits per heavy atom. The van der Waals surface area contributed by atoms with Crippen LogP contribution in [0, 0.1) is 11.7 Å². The third-order valence-corrected chi connectivity index (χ3v) is 3.62. The van der Waals surface area contributed by atoms with E-state index in [1.165, 1.54) is 19.2 Å². The highest BCUT2D eigenvalue weighted by Crippen LogP contribution is 2.21. The Morgan fingerprint density at radius 1 is 1.50 bits per heavy atom. The van der Waals surface area contributed by atoms with E-state index in [-0.39, 0.29) is 23.7 Å². The Bertz CT molecular complexity index is 467. The van der Waals surface area contributed by atoms with Crippen LogP contribution in [0.15, 0.2) is 24.3 Å². The van der Waals surface area contributed by atoms with Crippen molar-refractivity contribution in [2.24, 2.45) is 11.7 Å². The van der Waals surface area contributed by atoms with Gasteiger partial charge in [-0.3, -0.25) is 9.69 Å². The van der Waals surface area contributed by atoms with E-state index in [0.717, 1.165) is 25.1 Å². The summed E-state index contributed by atoms with van der Waals surface area (Å²) < 4.78 is 17.9. The van der Waals surface area contributed by atoms with E-state index in [2.05, 4.69) is 4.90 Å². The van der Waals surface area contributed by atoms with Crippen molar-refractivity contribution in [3.8, 4) is 0 Å². The van der Waals surface area contributed by atoms with E-state index in [1.807, 2.05) is 6.07 Å². The Balaban J connectivity index is 1.95. The van der Waals surface area contributed by atoms with Crippen LogP contribution in [0.2, 0.25) is 0 Å². The highest BCUT2D eigenvalue weighted by Gasteiger charge is 2.27. The van der Waals surface area contributed by atoms with Gasteiger partial charge in [-0.15, -0.1) is 0 Å². The summed E-state index contributed by atoms with van der Waals surface area (Å²) in [5.74, 6) is -0.218. The number of hydrogen-bond donors (Lipinski definition) is 1. The zero-order valence-electron chi connectivity index (χ0n) is 11.7. The second-order valence-corrected chi connectivity index (χ2v) is 5.47. The highest BCUT2D eigenvalue weighted by molar-refractivity contribution is 5.69. The molecule has 1 aromatic carbocycles. The van der Waals surface area contributed by atoms with E-state index in [1.54, 1.807) is 6.07 Å². The van der Waals surface area contributed by atoms with Gasteiger partial charge < -0.3 is 10.5 Å². The van der Waals surface area contributed by atoms with Crippen molar-refractivity contribution in [3.05, 3.63) is 35.6 Å². The van der Waals surface area contributed by atoms with Crippen LogP contribution in [0.3, 0.4) is 0 Å². The van der Waals surface area contributed by atoms with Gasteiger partial charge in [-0.1, -0.05) is 12.1 Å². The maximum absolute atomic E-state index is 13.2. The number of carbonyl (C=O) groups is 1. The number of carbonyl (C=O) groups excluding carboxylic acids is 1. The highest BCUT2D eigenvalue weighted by atomic mass is 19.1. The molecule has 1 saturated heterocycles. The second kappa shape index (κ2) is 6.81. The van der Waals surface area contributed by atoms with Gasteiger partial charge in [-0.05, 0) is 30.0 Å². The maximum atomic E-state index is 13.2. The number of esters is 1. The minimum absolute atomic E-state index is 0.0481. The molecular weight excluding hydrogens is 259 g/mol. The Hall–Kier alpha value is -1.46. The molecule has 4 nitrogen and oxygen atoms in total. The summed E-state index contributed by atoms with van der Waals surface area (Å²) in [6, 6.07) is 6.63. The lowest BCUT2D eigenvalue weighted by Gasteiger charge is -2.36. The number of nitrogens with zero attached hydrogens (tertiary/aromatic N) is 1. The Kier molecular flexibility index (Phi) is 5.09. The van der Waals surface area contributed by atoms with Crippen molar-refractivity contribution in [2.45, 2.75) is 25.4 Å². The van der Waals surface area contributed by atoms with Gasteiger partial charge in [0, 0.05) is 32.1 Å². The summed E-state index contributed by atoms with van der Waals surface area (Å²) >= 11 is 0. The Labute approximate surface area is 118 Å². The van der Waals surface area contributed by atoms with E-state index < -0.39 is 0 Å². The number of halogens is 1. The molecule has 2 atom stereocenters. The van der Waals surface area contributed by atoms with Gasteiger partial charge in [0.05, 0.1) is 7.11 Å². The van der Waals surface area contributed by atoms with E-state index >= 15 is 0 Å². The van der Waals surface area contributed by atoms with Crippen molar-refractivity contribution >= 4 is 5.97 Å². The quantitative estimate of drug-likeness (QED) is 0.850. The number of likely N-dealkylation sites (tertiary alicyclic amines) is 1. The van der Waals surface area contributed by atoms with Crippen molar-refractivity contribution < 1.29 is 13.9 Å². The van der Waals surface area contributed by atoms with Gasteiger partial charge in [0.1, 0.15) is 5.82 Å². The van der Waals surface area contributed by atoms with Crippen molar-refractivity contribution in [1.82, 2.24) is 4.90 Å². The first-order chi connectivity index (χ1) is 9.56. The van der Waals surface area contributed by atoms with Crippen LogP contribution < -0.4 is 5.73 Å². The number of hydrogen-bond acceptors (Lipinski definition) is 4. The average Bonchev–Trinajstić information content (AvgIpc) is 2.37. The van der Waals surface area contributed by atoms with Crippen molar-refractivity contribution in [1.29, 1.82) is 0 Å². The molecule has 1 aliphatic heterocycles. The predicted molar refractivity (Wildman–Crippen MR) is 74.4 cm³/mol. The normalized spacial score (nSPS) is 23.6. The van der Waals surface area contributed by atoms with Crippen LogP contribution in [-0.4, -0.2) is 37.1 Å². The third-order valence-electron chi connectivity index (χ3n) is 3.62. The molecule has 1 aromatic rings. The standard InChI is InChI=1S/C15H21FN2O2/c1-20-15(19)7-12-6-14(17)10-18(9-12)8-11-3-2-4-13(16)5-11/h2-5,12,14H,6-10,17H2,1H3. The molecular formula is C15H21FN2O2. The minimum atomic E-state index is -0.227. The molecule has 0 aromatic heterocycles. The fourth-order valence-corrected chi connectivity index (χ4v) is 2.84. The molecule has 0 saturated carbocycles. The number of piperidine rings is 1. The maximum Gasteiger partial charge on any atom is 0.305 e. The van der Waals surface area contributed by atoms with Gasteiger partial charge in [0.2, 0.25) is 0 Å². The molecule has 1 fully saturated rings. The third kappa shape index (κ3) is 4.28. The molecule has 110 valence electrons. The van der Waals surface area contributed by atoms with Gasteiger partial charge in [0.25, 0.3) is 0 Å². The molecule has 2 unspecified atom stereocenters. The van der Waals surface area contributed by atoms with Gasteiger partial charge >= 0.3 is 5.97 Å². The molecule has 20 heavy (non-hydrogen) atoms. The van der Waals surface area contributed by atoms with Crippen LogP contribution in [0.5, 0.6) is 0 Å². The first-order valence-electron chi connectivity index (χ1n) is 6.86. The zero-order chi connectivity index (χ0) is 14.5. The van der Waals surface area contributed by atoms with Crippen LogP contribution in [0.4, 0.5) is 4.39 Å². The molecule has 0 spiro atoms. The number of nitrogens with two attached hydrogens (primary N) is 1. The van der Waals surface area contributed by atoms with Crippen molar-refractivity contribution in [2.75, 3.05) is 20.2 Å². The molecule has 0 amide bonds. The summed E-state index contributed by atoms with van der Waals surface area (Å²) in [5.41, 5.74) is 6.98. The molecule has 5 heteroatoms. The fraction of sp³-hybridized carbons (Fsp3) is 0.533. The molecule has 0 aliphatic carbocycles. The number of benzene rings is 1. The first-order valence-corrected chi connectivity index (χ1v) is 6.86. The topological polar surface area (TPSA) is 55.6 Å². The number of rotatable bonds is 4. The van der Waals surface area contributed by atoms with Gasteiger partial charge in [-0.2, -0.15) is 0 Å². The van der Waals surface area contributed by atoms with Gasteiger partial charge in [-0.25, -0.2) is 4.39 Å². The summed E-state index contributed by atoms with van der Waals surface area (Å²) in [6.07, 6.45) is 1.22. The molecule has 1 heterocycles. The molecule has 2 rings (SSSR count). The van der Waals surface area contributed by atoms with E-state index in [9.17, 15) is 9.18 Å². The lowest BCUT2D eigenvalue weighted by molar-refractivity contribution is -0.142. The second-order valence-electron chi connectivity index (χ2n) is 5.47. The average molecular weight is 280 g/mol. The predicted octanol–water partition coefficient (Wildman–Crippen LogP) is 1.54. The summed E-state index contributed by atoms with van der Waals surface area (Å²) in [5, 5.41) is 0. The summed E-state index contributed by atoms with van der Waals surface area (Å²) in [7, 11) is 1.40. The molecule has 2 N–H and O–H groups in total. The van der Waals surface area contributed by atoms with Crippen LogP contribution in [-0.2, 0) is 16.1 Å². The van der Waals surface area contributed by atoms with E-state index in [0.29, 0.717) is 13.0 Å². The fourth-order valence-electron chi connectivity index (χ4n) is 2.84. The number of methoxy groups -OCH3 is 1. The van der Waals surface area contributed by atoms with Gasteiger partial charge in [0.15, 0.2) is 0 Å². The number of ether oxygens (including phenoxy) is 1. The van der Waals surface area contributed by atoms with Crippen LogP contribution >= 0.6 is 0 Å². The summed E-state index contributed by atoms with van der Waals surface area (Å²) in [6.45, 7) is 2.22. The Morgan fingerprint density at radius 3 is 3.00 bits per heavy atom. The minimum Gasteiger partial charge on any atom is -0.469 e. The molecule has 0 radical (unpaired) electrons. The zero-order valence-corrected chi connectivity index (χ0v) is 11.7. The SMILES string of the molecule is COC(=O)CC1CC(N)CN(Cc2cccc(F)c2)C1. The monoisotopic (exact) mass is 280 g/mol. The molecule has 0 bridgehead atoms. The van der Waals surface area contributed by atoms with E-state index in [4.69, 9.17) is 10.5 Å². The van der Waals surface area contributed by atoms with Crippen LogP contribution in [0.1, 0.15) is 18.4 Å². The van der Waals surface area contributed by atoms with Crippen molar-refractivity contribution in [3.63, 3.8) is 0 Å².